The van der Waals surface area contributed by atoms with Gasteiger partial charge in [0.2, 0.25) is 0 Å². The number of carbonyl (C=O) groups is 1. The van der Waals surface area contributed by atoms with Crippen LogP contribution in [0.4, 0.5) is 0 Å². The normalized spacial score (nSPS) is 55.2. The second-order valence-corrected chi connectivity index (χ2v) is 15.2. The topological polar surface area (TPSA) is 17.1 Å². The highest BCUT2D eigenvalue weighted by Gasteiger charge is 2.70. The van der Waals surface area contributed by atoms with Gasteiger partial charge < -0.3 is 0 Å². The van der Waals surface area contributed by atoms with Gasteiger partial charge in [-0.2, -0.15) is 0 Å². The summed E-state index contributed by atoms with van der Waals surface area (Å²) in [6.07, 6.45) is 15.6. The highest BCUT2D eigenvalue weighted by Crippen LogP contribution is 2.78. The van der Waals surface area contributed by atoms with Crippen molar-refractivity contribution < 1.29 is 4.79 Å². The Kier molecular flexibility index (Phi) is 5.19. The van der Waals surface area contributed by atoms with E-state index >= 15 is 0 Å². The number of hydrogen-bond acceptors (Lipinski definition) is 1. The SMILES string of the molecule is CC(=O)[C@@H](C)[C@H]1CC[C@]2(C)[C@H]3CC[C@@H]4[C@@]5(C)CCCC(C)(C)[C@@H]5CC[C@@]4(C)[C@]3(C)CC[C@@H]12. The van der Waals surface area contributed by atoms with Crippen molar-refractivity contribution in [2.24, 2.45) is 62.6 Å². The molecule has 0 aromatic heterocycles. The Morgan fingerprint density at radius 1 is 0.688 bits per heavy atom. The average molecular weight is 441 g/mol. The fourth-order valence-electron chi connectivity index (χ4n) is 12.2. The number of carbonyl (C=O) groups excluding carboxylic acids is 1. The first kappa shape index (κ1) is 23.4. The first-order valence-corrected chi connectivity index (χ1v) is 14.3. The fourth-order valence-corrected chi connectivity index (χ4v) is 12.2. The molecule has 5 aliphatic rings. The second-order valence-electron chi connectivity index (χ2n) is 15.2. The molecular weight excluding hydrogens is 388 g/mol. The summed E-state index contributed by atoms with van der Waals surface area (Å²) >= 11 is 0. The average Bonchev–Trinajstić information content (AvgIpc) is 3.04. The zero-order valence-electron chi connectivity index (χ0n) is 22.7. The molecule has 0 radical (unpaired) electrons. The van der Waals surface area contributed by atoms with Crippen LogP contribution in [-0.4, -0.2) is 5.78 Å². The zero-order valence-corrected chi connectivity index (χ0v) is 22.7. The molecule has 10 atom stereocenters. The Morgan fingerprint density at radius 3 is 1.91 bits per heavy atom. The molecule has 0 amide bonds. The minimum atomic E-state index is 0.261. The van der Waals surface area contributed by atoms with Gasteiger partial charge in [0.25, 0.3) is 0 Å². The number of rotatable bonds is 2. The number of ketones is 1. The van der Waals surface area contributed by atoms with Crippen LogP contribution in [-0.2, 0) is 4.79 Å². The molecule has 5 rings (SSSR count). The Morgan fingerprint density at radius 2 is 1.28 bits per heavy atom. The number of hydrogen-bond donors (Lipinski definition) is 0. The van der Waals surface area contributed by atoms with Crippen LogP contribution in [0.5, 0.6) is 0 Å². The lowest BCUT2D eigenvalue weighted by molar-refractivity contribution is -0.241. The summed E-state index contributed by atoms with van der Waals surface area (Å²) in [7, 11) is 0. The quantitative estimate of drug-likeness (QED) is 0.419. The fraction of sp³-hybridized carbons (Fsp3) is 0.968. The van der Waals surface area contributed by atoms with E-state index in [1.807, 2.05) is 6.92 Å². The Bertz CT molecular complexity index is 781. The van der Waals surface area contributed by atoms with Crippen molar-refractivity contribution in [3.05, 3.63) is 0 Å². The van der Waals surface area contributed by atoms with E-state index in [-0.39, 0.29) is 5.92 Å². The lowest BCUT2D eigenvalue weighted by atomic mass is 9.32. The van der Waals surface area contributed by atoms with E-state index < -0.39 is 0 Å². The van der Waals surface area contributed by atoms with E-state index in [1.54, 1.807) is 0 Å². The minimum absolute atomic E-state index is 0.261. The molecule has 0 N–H and O–H groups in total. The molecule has 32 heavy (non-hydrogen) atoms. The predicted octanol–water partition coefficient (Wildman–Crippen LogP) is 8.70. The molecule has 1 heteroatoms. The van der Waals surface area contributed by atoms with Crippen molar-refractivity contribution in [1.29, 1.82) is 0 Å². The van der Waals surface area contributed by atoms with E-state index in [9.17, 15) is 4.79 Å². The Hall–Kier alpha value is -0.330. The summed E-state index contributed by atoms with van der Waals surface area (Å²) in [5.41, 5.74) is 2.50. The first-order chi connectivity index (χ1) is 14.8. The third kappa shape index (κ3) is 2.78. The number of Topliss-reactive ketones (excluding diaryl/α,β-unsaturated/α-hetero) is 1. The van der Waals surface area contributed by atoms with Gasteiger partial charge in [-0.15, -0.1) is 0 Å². The van der Waals surface area contributed by atoms with Crippen LogP contribution in [0.25, 0.3) is 0 Å². The smallest absolute Gasteiger partial charge is 0.132 e. The van der Waals surface area contributed by atoms with Gasteiger partial charge in [-0.05, 0) is 128 Å². The van der Waals surface area contributed by atoms with Crippen LogP contribution in [0.1, 0.15) is 126 Å². The molecule has 0 saturated heterocycles. The van der Waals surface area contributed by atoms with Crippen LogP contribution >= 0.6 is 0 Å². The van der Waals surface area contributed by atoms with Crippen molar-refractivity contribution in [2.45, 2.75) is 126 Å². The molecule has 0 unspecified atom stereocenters. The van der Waals surface area contributed by atoms with Crippen molar-refractivity contribution in [3.63, 3.8) is 0 Å². The number of fused-ring (bicyclic) bond motifs is 7. The summed E-state index contributed by atoms with van der Waals surface area (Å²) < 4.78 is 0. The largest absolute Gasteiger partial charge is 0.300 e. The van der Waals surface area contributed by atoms with Crippen molar-refractivity contribution in [2.75, 3.05) is 0 Å². The minimum Gasteiger partial charge on any atom is -0.300 e. The predicted molar refractivity (Wildman–Crippen MR) is 134 cm³/mol. The van der Waals surface area contributed by atoms with Crippen molar-refractivity contribution in [1.82, 2.24) is 0 Å². The summed E-state index contributed by atoms with van der Waals surface area (Å²) in [6, 6.07) is 0. The van der Waals surface area contributed by atoms with Gasteiger partial charge in [0.05, 0.1) is 0 Å². The molecule has 0 bridgehead atoms. The van der Waals surface area contributed by atoms with E-state index in [0.717, 1.165) is 23.7 Å². The van der Waals surface area contributed by atoms with Crippen molar-refractivity contribution in [3.8, 4) is 0 Å². The molecule has 0 spiro atoms. The Labute approximate surface area is 199 Å². The van der Waals surface area contributed by atoms with E-state index in [1.165, 1.54) is 70.6 Å². The highest BCUT2D eigenvalue weighted by atomic mass is 16.1. The molecule has 5 fully saturated rings. The molecular formula is C31H52O. The van der Waals surface area contributed by atoms with Crippen LogP contribution in [0.3, 0.4) is 0 Å². The van der Waals surface area contributed by atoms with Gasteiger partial charge in [-0.3, -0.25) is 4.79 Å². The third-order valence-corrected chi connectivity index (χ3v) is 14.0. The van der Waals surface area contributed by atoms with Gasteiger partial charge >= 0.3 is 0 Å². The van der Waals surface area contributed by atoms with Gasteiger partial charge in [0.1, 0.15) is 5.78 Å². The summed E-state index contributed by atoms with van der Waals surface area (Å²) in [5.74, 6) is 4.78. The van der Waals surface area contributed by atoms with Crippen LogP contribution in [0.15, 0.2) is 0 Å². The third-order valence-electron chi connectivity index (χ3n) is 14.0. The van der Waals surface area contributed by atoms with Crippen LogP contribution in [0.2, 0.25) is 0 Å². The summed E-state index contributed by atoms with van der Waals surface area (Å²) in [5, 5.41) is 0. The van der Waals surface area contributed by atoms with E-state index in [0.29, 0.717) is 38.8 Å². The second kappa shape index (κ2) is 7.10. The van der Waals surface area contributed by atoms with Crippen LogP contribution < -0.4 is 0 Å². The maximum absolute atomic E-state index is 12.3. The lowest BCUT2D eigenvalue weighted by Crippen LogP contribution is -2.65. The van der Waals surface area contributed by atoms with Crippen LogP contribution in [0, 0.1) is 62.6 Å². The molecule has 0 aromatic rings. The maximum atomic E-state index is 12.3. The molecule has 0 aliphatic heterocycles. The van der Waals surface area contributed by atoms with Gasteiger partial charge in [-0.1, -0.05) is 54.9 Å². The first-order valence-electron chi connectivity index (χ1n) is 14.3. The Balaban J connectivity index is 1.50. The zero-order chi connectivity index (χ0) is 23.3. The van der Waals surface area contributed by atoms with Gasteiger partial charge in [0, 0.05) is 5.92 Å². The standard InChI is InChI=1S/C31H52O/c1-20(21(2)32)22-12-17-28(5)23(22)13-18-30(7)25(28)10-11-26-29(6)16-9-15-27(3,4)24(29)14-19-31(26,30)8/h20,22-26H,9-19H2,1-8H3/t20-,22-,23+,24+,25-,26-,28+,29+,30-,31-/m1/s1. The summed E-state index contributed by atoms with van der Waals surface area (Å²) in [6.45, 7) is 20.2. The lowest BCUT2D eigenvalue weighted by Gasteiger charge is -2.73. The molecule has 0 aromatic carbocycles. The molecule has 0 heterocycles. The molecule has 1 nitrogen and oxygen atoms in total. The monoisotopic (exact) mass is 440 g/mol. The van der Waals surface area contributed by atoms with E-state index in [4.69, 9.17) is 0 Å². The van der Waals surface area contributed by atoms with Crippen molar-refractivity contribution >= 4 is 5.78 Å². The van der Waals surface area contributed by atoms with E-state index in [2.05, 4.69) is 48.5 Å². The molecule has 5 saturated carbocycles. The molecule has 182 valence electrons. The maximum Gasteiger partial charge on any atom is 0.132 e. The molecule has 5 aliphatic carbocycles. The van der Waals surface area contributed by atoms with Gasteiger partial charge in [0.15, 0.2) is 0 Å². The van der Waals surface area contributed by atoms with Gasteiger partial charge in [-0.25, -0.2) is 0 Å². The highest BCUT2D eigenvalue weighted by molar-refractivity contribution is 5.78. The summed E-state index contributed by atoms with van der Waals surface area (Å²) in [4.78, 5) is 12.3.